The van der Waals surface area contributed by atoms with Gasteiger partial charge in [-0.2, -0.15) is 4.98 Å². The highest BCUT2D eigenvalue weighted by atomic mass is 16.5. The molecule has 0 spiro atoms. The van der Waals surface area contributed by atoms with Crippen molar-refractivity contribution in [3.8, 4) is 5.75 Å². The maximum atomic E-state index is 10.0. The number of hydrogen-bond donors (Lipinski definition) is 2. The zero-order valence-electron chi connectivity index (χ0n) is 16.4. The van der Waals surface area contributed by atoms with Gasteiger partial charge >= 0.3 is 0 Å². The van der Waals surface area contributed by atoms with Crippen LogP contribution in [0.3, 0.4) is 0 Å². The SMILES string of the molecule is CN=C(NCc1noc(C(C)(C)C)n1)N1CCN(c2ccccc2O)CC1. The van der Waals surface area contributed by atoms with E-state index < -0.39 is 0 Å². The molecule has 1 aromatic carbocycles. The van der Waals surface area contributed by atoms with E-state index in [1.807, 2.05) is 39.0 Å². The molecular weight excluding hydrogens is 344 g/mol. The largest absolute Gasteiger partial charge is 0.506 e. The average molecular weight is 372 g/mol. The standard InChI is InChI=1S/C19H28N6O2/c1-19(2,3)17-22-16(23-27-17)13-21-18(20-4)25-11-9-24(10-12-25)14-7-5-6-8-15(14)26/h5-8,26H,9-13H2,1-4H3,(H,20,21). The number of nitrogens with one attached hydrogen (secondary N) is 1. The number of rotatable bonds is 3. The van der Waals surface area contributed by atoms with Gasteiger partial charge in [0.1, 0.15) is 5.75 Å². The Bertz CT molecular complexity index is 787. The monoisotopic (exact) mass is 372 g/mol. The van der Waals surface area contributed by atoms with Crippen LogP contribution in [0.5, 0.6) is 5.75 Å². The van der Waals surface area contributed by atoms with Crippen molar-refractivity contribution in [1.29, 1.82) is 0 Å². The fourth-order valence-corrected chi connectivity index (χ4v) is 3.01. The van der Waals surface area contributed by atoms with Crippen LogP contribution < -0.4 is 10.2 Å². The third-order valence-corrected chi connectivity index (χ3v) is 4.53. The predicted octanol–water partition coefficient (Wildman–Crippen LogP) is 1.97. The van der Waals surface area contributed by atoms with Crippen molar-refractivity contribution >= 4 is 11.6 Å². The number of piperazine rings is 1. The number of phenols is 1. The van der Waals surface area contributed by atoms with Crippen LogP contribution in [0.2, 0.25) is 0 Å². The summed E-state index contributed by atoms with van der Waals surface area (Å²) in [5.41, 5.74) is 0.716. The molecule has 2 N–H and O–H groups in total. The van der Waals surface area contributed by atoms with Gasteiger partial charge in [-0.25, -0.2) is 0 Å². The van der Waals surface area contributed by atoms with Gasteiger partial charge in [0.05, 0.1) is 12.2 Å². The van der Waals surface area contributed by atoms with Crippen LogP contribution in [-0.4, -0.2) is 59.3 Å². The maximum Gasteiger partial charge on any atom is 0.232 e. The van der Waals surface area contributed by atoms with Gasteiger partial charge in [0.2, 0.25) is 5.89 Å². The zero-order valence-corrected chi connectivity index (χ0v) is 16.4. The number of guanidine groups is 1. The molecule has 0 atom stereocenters. The molecule has 0 radical (unpaired) electrons. The average Bonchev–Trinajstić information content (AvgIpc) is 3.13. The van der Waals surface area contributed by atoms with Crippen molar-refractivity contribution in [1.82, 2.24) is 20.4 Å². The fourth-order valence-electron chi connectivity index (χ4n) is 3.01. The van der Waals surface area contributed by atoms with E-state index in [9.17, 15) is 5.11 Å². The van der Waals surface area contributed by atoms with Crippen molar-refractivity contribution in [2.75, 3.05) is 38.1 Å². The summed E-state index contributed by atoms with van der Waals surface area (Å²) >= 11 is 0. The van der Waals surface area contributed by atoms with E-state index in [1.165, 1.54) is 0 Å². The smallest absolute Gasteiger partial charge is 0.232 e. The Morgan fingerprint density at radius 3 is 2.52 bits per heavy atom. The Labute approximate surface area is 159 Å². The lowest BCUT2D eigenvalue weighted by molar-refractivity contribution is 0.317. The quantitative estimate of drug-likeness (QED) is 0.629. The fraction of sp³-hybridized carbons (Fsp3) is 0.526. The van der Waals surface area contributed by atoms with Gasteiger partial charge < -0.3 is 24.7 Å². The van der Waals surface area contributed by atoms with E-state index in [2.05, 4.69) is 30.2 Å². The highest BCUT2D eigenvalue weighted by Crippen LogP contribution is 2.27. The summed E-state index contributed by atoms with van der Waals surface area (Å²) in [5, 5.41) is 17.4. The van der Waals surface area contributed by atoms with Crippen molar-refractivity contribution in [3.63, 3.8) is 0 Å². The molecule has 146 valence electrons. The minimum absolute atomic E-state index is 0.160. The molecule has 8 heteroatoms. The third kappa shape index (κ3) is 4.50. The molecule has 0 unspecified atom stereocenters. The summed E-state index contributed by atoms with van der Waals surface area (Å²) in [5.74, 6) is 2.38. The topological polar surface area (TPSA) is 90.0 Å². The van der Waals surface area contributed by atoms with Gasteiger partial charge in [0.25, 0.3) is 0 Å². The lowest BCUT2D eigenvalue weighted by Crippen LogP contribution is -2.52. The Kier molecular flexibility index (Phi) is 5.53. The van der Waals surface area contributed by atoms with Crippen molar-refractivity contribution in [2.24, 2.45) is 4.99 Å². The van der Waals surface area contributed by atoms with Crippen LogP contribution in [-0.2, 0) is 12.0 Å². The lowest BCUT2D eigenvalue weighted by atomic mass is 9.97. The molecule has 1 aliphatic rings. The minimum Gasteiger partial charge on any atom is -0.506 e. The summed E-state index contributed by atoms with van der Waals surface area (Å²) < 4.78 is 5.33. The second-order valence-electron chi connectivity index (χ2n) is 7.63. The molecular formula is C19H28N6O2. The van der Waals surface area contributed by atoms with E-state index in [-0.39, 0.29) is 5.41 Å². The molecule has 0 bridgehead atoms. The second kappa shape index (κ2) is 7.85. The van der Waals surface area contributed by atoms with Crippen LogP contribution in [0.4, 0.5) is 5.69 Å². The maximum absolute atomic E-state index is 10.0. The summed E-state index contributed by atoms with van der Waals surface area (Å²) in [6.07, 6.45) is 0. The van der Waals surface area contributed by atoms with Gasteiger partial charge in [-0.3, -0.25) is 4.99 Å². The number of anilines is 1. The van der Waals surface area contributed by atoms with Gasteiger partial charge in [0, 0.05) is 38.6 Å². The van der Waals surface area contributed by atoms with Gasteiger partial charge in [0.15, 0.2) is 11.8 Å². The zero-order chi connectivity index (χ0) is 19.4. The predicted molar refractivity (Wildman–Crippen MR) is 105 cm³/mol. The van der Waals surface area contributed by atoms with Gasteiger partial charge in [-0.1, -0.05) is 38.1 Å². The lowest BCUT2D eigenvalue weighted by Gasteiger charge is -2.37. The molecule has 0 saturated carbocycles. The van der Waals surface area contributed by atoms with E-state index >= 15 is 0 Å². The van der Waals surface area contributed by atoms with Crippen LogP contribution in [0, 0.1) is 0 Å². The summed E-state index contributed by atoms with van der Waals surface area (Å²) in [4.78, 5) is 13.2. The van der Waals surface area contributed by atoms with E-state index in [0.717, 1.165) is 37.8 Å². The van der Waals surface area contributed by atoms with Crippen molar-refractivity contribution in [2.45, 2.75) is 32.7 Å². The summed E-state index contributed by atoms with van der Waals surface area (Å²) in [6, 6.07) is 7.45. The molecule has 2 aromatic rings. The Morgan fingerprint density at radius 2 is 1.93 bits per heavy atom. The van der Waals surface area contributed by atoms with Crippen LogP contribution in [0.25, 0.3) is 0 Å². The molecule has 27 heavy (non-hydrogen) atoms. The molecule has 8 nitrogen and oxygen atoms in total. The molecule has 1 saturated heterocycles. The number of hydrogen-bond acceptors (Lipinski definition) is 6. The van der Waals surface area contributed by atoms with E-state index in [0.29, 0.717) is 24.0 Å². The highest BCUT2D eigenvalue weighted by Gasteiger charge is 2.23. The van der Waals surface area contributed by atoms with Crippen LogP contribution >= 0.6 is 0 Å². The van der Waals surface area contributed by atoms with Crippen LogP contribution in [0.1, 0.15) is 32.5 Å². The number of aromatic hydroxyl groups is 1. The first-order valence-corrected chi connectivity index (χ1v) is 9.20. The van der Waals surface area contributed by atoms with Crippen LogP contribution in [0.15, 0.2) is 33.8 Å². The highest BCUT2D eigenvalue weighted by molar-refractivity contribution is 5.80. The Morgan fingerprint density at radius 1 is 1.22 bits per heavy atom. The third-order valence-electron chi connectivity index (χ3n) is 4.53. The number of aromatic nitrogens is 2. The first-order chi connectivity index (χ1) is 12.9. The van der Waals surface area contributed by atoms with Gasteiger partial charge in [-0.15, -0.1) is 0 Å². The number of benzene rings is 1. The number of nitrogens with zero attached hydrogens (tertiary/aromatic N) is 5. The first-order valence-electron chi connectivity index (χ1n) is 9.20. The molecule has 1 aromatic heterocycles. The number of phenolic OH excluding ortho intramolecular Hbond substituents is 1. The van der Waals surface area contributed by atoms with Crippen molar-refractivity contribution < 1.29 is 9.63 Å². The van der Waals surface area contributed by atoms with Gasteiger partial charge in [-0.05, 0) is 12.1 Å². The normalized spacial score (nSPS) is 15.9. The van der Waals surface area contributed by atoms with E-state index in [4.69, 9.17) is 4.52 Å². The van der Waals surface area contributed by atoms with E-state index in [1.54, 1.807) is 13.1 Å². The molecule has 1 aliphatic heterocycles. The number of aliphatic imine (C=N–C) groups is 1. The molecule has 2 heterocycles. The summed E-state index contributed by atoms with van der Waals surface area (Å²) in [7, 11) is 1.77. The Hall–Kier alpha value is -2.77. The molecule has 0 amide bonds. The molecule has 0 aliphatic carbocycles. The Balaban J connectivity index is 1.55. The summed E-state index contributed by atoms with van der Waals surface area (Å²) in [6.45, 7) is 9.85. The number of para-hydroxylation sites is 2. The van der Waals surface area contributed by atoms with Crippen molar-refractivity contribution in [3.05, 3.63) is 36.0 Å². The minimum atomic E-state index is -0.160. The first kappa shape index (κ1) is 19.0. The molecule has 1 fully saturated rings. The second-order valence-corrected chi connectivity index (χ2v) is 7.63. The molecule has 3 rings (SSSR count).